The Morgan fingerprint density at radius 2 is 1.70 bits per heavy atom. The van der Waals surface area contributed by atoms with Gasteiger partial charge in [0.2, 0.25) is 0 Å². The molecule has 114 valence electrons. The summed E-state index contributed by atoms with van der Waals surface area (Å²) < 4.78 is 28.2. The molecule has 0 saturated heterocycles. The van der Waals surface area contributed by atoms with Crippen molar-refractivity contribution in [2.24, 2.45) is 0 Å². The molecule has 0 spiro atoms. The summed E-state index contributed by atoms with van der Waals surface area (Å²) in [7, 11) is -3.43. The van der Waals surface area contributed by atoms with Crippen LogP contribution in [-0.2, 0) is 24.7 Å². The Hall–Kier alpha value is -0.670. The van der Waals surface area contributed by atoms with Gasteiger partial charge in [-0.1, -0.05) is 56.5 Å². The van der Waals surface area contributed by atoms with Crippen molar-refractivity contribution in [3.8, 4) is 0 Å². The van der Waals surface area contributed by atoms with E-state index in [-0.39, 0.29) is 6.61 Å². The first kappa shape index (κ1) is 17.4. The molecule has 1 aromatic carbocycles. The molecule has 0 amide bonds. The maximum Gasteiger partial charge on any atom is 0.475 e. The lowest BCUT2D eigenvalue weighted by molar-refractivity contribution is 0.110. The van der Waals surface area contributed by atoms with E-state index < -0.39 is 7.82 Å². The molecule has 0 saturated carbocycles. The molecule has 0 aromatic heterocycles. The molecule has 0 N–H and O–H groups in total. The highest BCUT2D eigenvalue weighted by molar-refractivity contribution is 7.48. The van der Waals surface area contributed by atoms with Gasteiger partial charge in [-0.15, -0.1) is 0 Å². The normalized spacial score (nSPS) is 14.1. The third kappa shape index (κ3) is 7.20. The molecule has 0 heterocycles. The van der Waals surface area contributed by atoms with Gasteiger partial charge >= 0.3 is 7.82 Å². The van der Waals surface area contributed by atoms with Crippen LogP contribution in [0.1, 0.15) is 45.1 Å². The predicted molar refractivity (Wildman–Crippen MR) is 80.6 cm³/mol. The van der Waals surface area contributed by atoms with Gasteiger partial charge in [-0.3, -0.25) is 13.6 Å². The van der Waals surface area contributed by atoms with Crippen molar-refractivity contribution in [3.05, 3.63) is 35.9 Å². The van der Waals surface area contributed by atoms with Gasteiger partial charge in [-0.25, -0.2) is 4.57 Å². The largest absolute Gasteiger partial charge is 0.475 e. The molecule has 0 aliphatic heterocycles. The number of rotatable bonds is 11. The van der Waals surface area contributed by atoms with E-state index in [1.165, 1.54) is 0 Å². The summed E-state index contributed by atoms with van der Waals surface area (Å²) >= 11 is 0. The SMILES string of the molecule is CCCCCCOP(=O)(OCC)OCc1ccccc1. The van der Waals surface area contributed by atoms with Gasteiger partial charge in [0.05, 0.1) is 19.8 Å². The monoisotopic (exact) mass is 300 g/mol. The van der Waals surface area contributed by atoms with Crippen LogP contribution in [-0.4, -0.2) is 13.2 Å². The first-order valence-corrected chi connectivity index (χ1v) is 8.74. The number of benzene rings is 1. The van der Waals surface area contributed by atoms with Gasteiger partial charge in [0.15, 0.2) is 0 Å². The van der Waals surface area contributed by atoms with E-state index >= 15 is 0 Å². The lowest BCUT2D eigenvalue weighted by Gasteiger charge is -2.17. The fourth-order valence-corrected chi connectivity index (χ4v) is 2.90. The lowest BCUT2D eigenvalue weighted by atomic mass is 10.2. The molecule has 0 bridgehead atoms. The van der Waals surface area contributed by atoms with Crippen LogP contribution in [0.4, 0.5) is 0 Å². The summed E-state index contributed by atoms with van der Waals surface area (Å²) in [5.74, 6) is 0. The zero-order valence-corrected chi connectivity index (χ0v) is 13.3. The highest BCUT2D eigenvalue weighted by Crippen LogP contribution is 2.50. The smallest absolute Gasteiger partial charge is 0.287 e. The maximum absolute atomic E-state index is 12.4. The summed E-state index contributed by atoms with van der Waals surface area (Å²) in [6.45, 7) is 4.87. The fraction of sp³-hybridized carbons (Fsp3) is 0.600. The zero-order chi connectivity index (χ0) is 14.7. The first-order chi connectivity index (χ1) is 9.70. The average Bonchev–Trinajstić information content (AvgIpc) is 2.47. The Morgan fingerprint density at radius 3 is 2.35 bits per heavy atom. The van der Waals surface area contributed by atoms with Gasteiger partial charge in [-0.05, 0) is 18.9 Å². The first-order valence-electron chi connectivity index (χ1n) is 7.27. The maximum atomic E-state index is 12.4. The van der Waals surface area contributed by atoms with E-state index in [0.717, 1.165) is 31.2 Å². The molecule has 1 atom stereocenters. The van der Waals surface area contributed by atoms with E-state index in [2.05, 4.69) is 6.92 Å². The van der Waals surface area contributed by atoms with Crippen molar-refractivity contribution < 1.29 is 18.1 Å². The van der Waals surface area contributed by atoms with Crippen molar-refractivity contribution in [1.29, 1.82) is 0 Å². The zero-order valence-electron chi connectivity index (χ0n) is 12.4. The van der Waals surface area contributed by atoms with E-state index in [9.17, 15) is 4.57 Å². The Bertz CT molecular complexity index is 394. The lowest BCUT2D eigenvalue weighted by Crippen LogP contribution is -2.02. The fourth-order valence-electron chi connectivity index (χ4n) is 1.70. The summed E-state index contributed by atoms with van der Waals surface area (Å²) in [6, 6.07) is 9.58. The number of phosphoric ester groups is 1. The third-order valence-corrected chi connectivity index (χ3v) is 4.29. The highest BCUT2D eigenvalue weighted by Gasteiger charge is 2.25. The topological polar surface area (TPSA) is 44.8 Å². The van der Waals surface area contributed by atoms with Crippen LogP contribution >= 0.6 is 7.82 Å². The van der Waals surface area contributed by atoms with Crippen LogP contribution in [0.3, 0.4) is 0 Å². The van der Waals surface area contributed by atoms with E-state index in [0.29, 0.717) is 13.2 Å². The summed E-state index contributed by atoms with van der Waals surface area (Å²) in [5, 5.41) is 0. The molecule has 1 rings (SSSR count). The van der Waals surface area contributed by atoms with Crippen molar-refractivity contribution in [2.45, 2.75) is 46.1 Å². The molecule has 1 unspecified atom stereocenters. The Labute approximate surface area is 122 Å². The second-order valence-corrected chi connectivity index (χ2v) is 6.19. The standard InChI is InChI=1S/C15H25O4P/c1-3-5-6-10-13-18-20(16,17-4-2)19-14-15-11-8-7-9-12-15/h7-9,11-12H,3-6,10,13-14H2,1-2H3. The van der Waals surface area contributed by atoms with Crippen LogP contribution in [0.15, 0.2) is 30.3 Å². The minimum absolute atomic E-state index is 0.229. The molecular formula is C15H25O4P. The Balaban J connectivity index is 2.38. The van der Waals surface area contributed by atoms with Gasteiger partial charge in [-0.2, -0.15) is 0 Å². The van der Waals surface area contributed by atoms with Gasteiger partial charge in [0.25, 0.3) is 0 Å². The molecule has 20 heavy (non-hydrogen) atoms. The van der Waals surface area contributed by atoms with Crippen molar-refractivity contribution in [1.82, 2.24) is 0 Å². The van der Waals surface area contributed by atoms with E-state index in [4.69, 9.17) is 13.6 Å². The second kappa shape index (κ2) is 10.1. The quantitative estimate of drug-likeness (QED) is 0.428. The Kier molecular flexibility index (Phi) is 8.79. The minimum Gasteiger partial charge on any atom is -0.287 e. The molecule has 5 heteroatoms. The van der Waals surface area contributed by atoms with Gasteiger partial charge < -0.3 is 0 Å². The summed E-state index contributed by atoms with van der Waals surface area (Å²) in [5.41, 5.74) is 0.946. The van der Waals surface area contributed by atoms with Gasteiger partial charge in [0, 0.05) is 0 Å². The van der Waals surface area contributed by atoms with Crippen LogP contribution in [0.2, 0.25) is 0 Å². The number of phosphoric acid groups is 1. The average molecular weight is 300 g/mol. The van der Waals surface area contributed by atoms with Crippen LogP contribution in [0, 0.1) is 0 Å². The Morgan fingerprint density at radius 1 is 0.950 bits per heavy atom. The number of hydrogen-bond acceptors (Lipinski definition) is 4. The molecule has 1 aromatic rings. The van der Waals surface area contributed by atoms with Crippen molar-refractivity contribution >= 4 is 7.82 Å². The highest BCUT2D eigenvalue weighted by atomic mass is 31.2. The van der Waals surface area contributed by atoms with Crippen LogP contribution < -0.4 is 0 Å². The van der Waals surface area contributed by atoms with Gasteiger partial charge in [0.1, 0.15) is 0 Å². The predicted octanol–water partition coefficient (Wildman–Crippen LogP) is 4.94. The van der Waals surface area contributed by atoms with Crippen molar-refractivity contribution in [2.75, 3.05) is 13.2 Å². The molecule has 0 aliphatic rings. The second-order valence-electron chi connectivity index (χ2n) is 4.52. The third-order valence-electron chi connectivity index (χ3n) is 2.77. The van der Waals surface area contributed by atoms with Crippen molar-refractivity contribution in [3.63, 3.8) is 0 Å². The summed E-state index contributed by atoms with van der Waals surface area (Å²) in [4.78, 5) is 0. The minimum atomic E-state index is -3.43. The molecule has 0 fully saturated rings. The molecule has 0 aliphatic carbocycles. The number of hydrogen-bond donors (Lipinski definition) is 0. The molecule has 0 radical (unpaired) electrons. The number of unbranched alkanes of at least 4 members (excludes halogenated alkanes) is 3. The molecular weight excluding hydrogens is 275 g/mol. The molecule has 4 nitrogen and oxygen atoms in total. The van der Waals surface area contributed by atoms with Crippen LogP contribution in [0.25, 0.3) is 0 Å². The van der Waals surface area contributed by atoms with E-state index in [1.807, 2.05) is 30.3 Å². The van der Waals surface area contributed by atoms with E-state index in [1.54, 1.807) is 6.92 Å². The van der Waals surface area contributed by atoms with Crippen LogP contribution in [0.5, 0.6) is 0 Å². The summed E-state index contributed by atoms with van der Waals surface area (Å²) in [6.07, 6.45) is 4.27.